The Hall–Kier alpha value is -3.51. The summed E-state index contributed by atoms with van der Waals surface area (Å²) in [5, 5.41) is 2.96. The molecule has 0 atom stereocenters. The summed E-state index contributed by atoms with van der Waals surface area (Å²) in [5.41, 5.74) is 4.93. The highest BCUT2D eigenvalue weighted by Crippen LogP contribution is 2.19. The summed E-state index contributed by atoms with van der Waals surface area (Å²) in [6, 6.07) is 19.8. The molecule has 0 radical (unpaired) electrons. The molecule has 1 N–H and O–H groups in total. The van der Waals surface area contributed by atoms with E-state index < -0.39 is 0 Å². The second-order valence-corrected chi connectivity index (χ2v) is 7.65. The third-order valence-corrected chi connectivity index (χ3v) is 5.50. The van der Waals surface area contributed by atoms with Crippen molar-refractivity contribution in [3.05, 3.63) is 84.3 Å². The molecule has 3 heterocycles. The Kier molecular flexibility index (Phi) is 4.99. The fourth-order valence-corrected chi connectivity index (χ4v) is 3.90. The van der Waals surface area contributed by atoms with Crippen molar-refractivity contribution in [1.82, 2.24) is 19.4 Å². The average Bonchev–Trinajstić information content (AvgIpc) is 3.45. The van der Waals surface area contributed by atoms with Gasteiger partial charge in [-0.3, -0.25) is 14.3 Å². The maximum absolute atomic E-state index is 12.7. The van der Waals surface area contributed by atoms with Crippen LogP contribution in [0.25, 0.3) is 16.9 Å². The number of amides is 1. The number of hydrogen-bond acceptors (Lipinski definition) is 4. The van der Waals surface area contributed by atoms with Crippen molar-refractivity contribution in [3.63, 3.8) is 0 Å². The summed E-state index contributed by atoms with van der Waals surface area (Å²) in [5.74, 6) is -0.189. The van der Waals surface area contributed by atoms with Crippen LogP contribution in [0, 0.1) is 0 Å². The van der Waals surface area contributed by atoms with Gasteiger partial charge in [0.2, 0.25) is 0 Å². The molecule has 1 aliphatic heterocycles. The number of para-hydroxylation sites is 1. The molecule has 0 unspecified atom stereocenters. The third-order valence-electron chi connectivity index (χ3n) is 5.50. The van der Waals surface area contributed by atoms with E-state index in [1.54, 1.807) is 18.6 Å². The van der Waals surface area contributed by atoms with Gasteiger partial charge in [-0.05, 0) is 61.8 Å². The highest BCUT2D eigenvalue weighted by atomic mass is 16.1. The molecule has 1 saturated heterocycles. The van der Waals surface area contributed by atoms with Crippen molar-refractivity contribution in [1.29, 1.82) is 0 Å². The van der Waals surface area contributed by atoms with Crippen LogP contribution in [0.1, 0.15) is 28.8 Å². The molecular formula is C24H23N5O. The fourth-order valence-electron chi connectivity index (χ4n) is 3.90. The van der Waals surface area contributed by atoms with Gasteiger partial charge in [-0.1, -0.05) is 30.3 Å². The summed E-state index contributed by atoms with van der Waals surface area (Å²) in [6.45, 7) is 3.32. The van der Waals surface area contributed by atoms with Crippen LogP contribution in [-0.2, 0) is 6.54 Å². The van der Waals surface area contributed by atoms with Crippen molar-refractivity contribution >= 4 is 22.8 Å². The van der Waals surface area contributed by atoms with E-state index in [2.05, 4.69) is 32.3 Å². The van der Waals surface area contributed by atoms with Crippen LogP contribution in [0.15, 0.2) is 73.2 Å². The van der Waals surface area contributed by atoms with Crippen LogP contribution in [0.3, 0.4) is 0 Å². The minimum Gasteiger partial charge on any atom is -0.322 e. The molecular weight excluding hydrogens is 374 g/mol. The highest BCUT2D eigenvalue weighted by Gasteiger charge is 2.13. The summed E-state index contributed by atoms with van der Waals surface area (Å²) < 4.78 is 1.91. The van der Waals surface area contributed by atoms with Crippen LogP contribution in [0.4, 0.5) is 5.69 Å². The molecule has 150 valence electrons. The van der Waals surface area contributed by atoms with Crippen molar-refractivity contribution in [2.75, 3.05) is 18.4 Å². The number of anilines is 1. The maximum Gasteiger partial charge on any atom is 0.257 e. The van der Waals surface area contributed by atoms with Crippen LogP contribution < -0.4 is 5.32 Å². The van der Waals surface area contributed by atoms with E-state index in [0.717, 1.165) is 23.6 Å². The zero-order valence-electron chi connectivity index (χ0n) is 16.7. The lowest BCUT2D eigenvalue weighted by Gasteiger charge is -2.14. The second-order valence-electron chi connectivity index (χ2n) is 7.65. The van der Waals surface area contributed by atoms with Crippen LogP contribution >= 0.6 is 0 Å². The monoisotopic (exact) mass is 397 g/mol. The molecule has 2 aromatic carbocycles. The topological polar surface area (TPSA) is 63.1 Å². The number of imidazole rings is 1. The van der Waals surface area contributed by atoms with Gasteiger partial charge in [-0.2, -0.15) is 0 Å². The summed E-state index contributed by atoms with van der Waals surface area (Å²) in [7, 11) is 0. The fraction of sp³-hybridized carbons (Fsp3) is 0.208. The van der Waals surface area contributed by atoms with Crippen molar-refractivity contribution in [2.24, 2.45) is 0 Å². The molecule has 6 nitrogen and oxygen atoms in total. The largest absolute Gasteiger partial charge is 0.322 e. The lowest BCUT2D eigenvalue weighted by molar-refractivity contribution is 0.102. The normalized spacial score (nSPS) is 14.3. The Balaban J connectivity index is 1.30. The van der Waals surface area contributed by atoms with Gasteiger partial charge < -0.3 is 5.32 Å². The average molecular weight is 397 g/mol. The van der Waals surface area contributed by atoms with E-state index in [0.29, 0.717) is 11.1 Å². The van der Waals surface area contributed by atoms with E-state index in [-0.39, 0.29) is 5.91 Å². The molecule has 6 heteroatoms. The molecule has 1 fully saturated rings. The van der Waals surface area contributed by atoms with Gasteiger partial charge >= 0.3 is 0 Å². The minimum absolute atomic E-state index is 0.189. The van der Waals surface area contributed by atoms with Crippen molar-refractivity contribution in [2.45, 2.75) is 19.4 Å². The molecule has 0 saturated carbocycles. The quantitative estimate of drug-likeness (QED) is 0.546. The number of likely N-dealkylation sites (tertiary alicyclic amines) is 1. The number of rotatable bonds is 5. The lowest BCUT2D eigenvalue weighted by Crippen LogP contribution is -2.18. The van der Waals surface area contributed by atoms with Crippen LogP contribution in [0.5, 0.6) is 0 Å². The number of nitrogens with zero attached hydrogens (tertiary/aromatic N) is 4. The molecule has 1 aliphatic rings. The van der Waals surface area contributed by atoms with Gasteiger partial charge in [0, 0.05) is 24.1 Å². The van der Waals surface area contributed by atoms with E-state index in [4.69, 9.17) is 0 Å². The molecule has 1 amide bonds. The molecule has 30 heavy (non-hydrogen) atoms. The zero-order valence-corrected chi connectivity index (χ0v) is 16.7. The standard InChI is InChI=1S/C24H23N5O/c30-24(27-20-10-8-18(9-11-20)16-28-12-4-5-13-28)19-14-22-23(25-15-19)29(17-26-22)21-6-2-1-3-7-21/h1-3,6-11,14-15,17H,4-5,12-13,16H2,(H,27,30). The number of hydrogen-bond donors (Lipinski definition) is 1. The van der Waals surface area contributed by atoms with Gasteiger partial charge in [-0.15, -0.1) is 0 Å². The van der Waals surface area contributed by atoms with Crippen molar-refractivity contribution in [3.8, 4) is 5.69 Å². The van der Waals surface area contributed by atoms with E-state index in [1.807, 2.05) is 47.0 Å². The highest BCUT2D eigenvalue weighted by molar-refractivity contribution is 6.05. The van der Waals surface area contributed by atoms with Gasteiger partial charge in [0.25, 0.3) is 5.91 Å². The smallest absolute Gasteiger partial charge is 0.257 e. The zero-order chi connectivity index (χ0) is 20.3. The number of nitrogens with one attached hydrogen (secondary N) is 1. The van der Waals surface area contributed by atoms with E-state index >= 15 is 0 Å². The third kappa shape index (κ3) is 3.82. The number of carbonyl (C=O) groups excluding carboxylic acids is 1. The molecule has 2 aromatic heterocycles. The number of fused-ring (bicyclic) bond motifs is 1. The first-order valence-electron chi connectivity index (χ1n) is 10.3. The maximum atomic E-state index is 12.7. The molecule has 0 aliphatic carbocycles. The summed E-state index contributed by atoms with van der Waals surface area (Å²) in [4.78, 5) is 24.1. The first-order chi connectivity index (χ1) is 14.8. The lowest BCUT2D eigenvalue weighted by atomic mass is 10.2. The Labute approximate surface area is 175 Å². The predicted molar refractivity (Wildman–Crippen MR) is 118 cm³/mol. The van der Waals surface area contributed by atoms with Gasteiger partial charge in [-0.25, -0.2) is 9.97 Å². The second kappa shape index (κ2) is 8.08. The predicted octanol–water partition coefficient (Wildman–Crippen LogP) is 4.27. The van der Waals surface area contributed by atoms with Gasteiger partial charge in [0.1, 0.15) is 11.8 Å². The molecule has 4 aromatic rings. The Morgan fingerprint density at radius 1 is 0.967 bits per heavy atom. The minimum atomic E-state index is -0.189. The van der Waals surface area contributed by atoms with Gasteiger partial charge in [0.05, 0.1) is 5.56 Å². The van der Waals surface area contributed by atoms with E-state index in [1.165, 1.54) is 31.5 Å². The summed E-state index contributed by atoms with van der Waals surface area (Å²) in [6.07, 6.45) is 5.90. The summed E-state index contributed by atoms with van der Waals surface area (Å²) >= 11 is 0. The number of pyridine rings is 1. The van der Waals surface area contributed by atoms with Crippen molar-refractivity contribution < 1.29 is 4.79 Å². The van der Waals surface area contributed by atoms with Crippen LogP contribution in [-0.4, -0.2) is 38.4 Å². The van der Waals surface area contributed by atoms with Gasteiger partial charge in [0.15, 0.2) is 5.65 Å². The number of aromatic nitrogens is 3. The number of benzene rings is 2. The SMILES string of the molecule is O=C(Nc1ccc(CN2CCCC2)cc1)c1cnc2c(c1)ncn2-c1ccccc1. The van der Waals surface area contributed by atoms with Crippen LogP contribution in [0.2, 0.25) is 0 Å². The molecule has 5 rings (SSSR count). The molecule has 0 spiro atoms. The Bertz CT molecular complexity index is 1160. The number of carbonyl (C=O) groups is 1. The first-order valence-corrected chi connectivity index (χ1v) is 10.3. The Morgan fingerprint density at radius 2 is 1.73 bits per heavy atom. The first kappa shape index (κ1) is 18.5. The molecule has 0 bridgehead atoms. The van der Waals surface area contributed by atoms with E-state index in [9.17, 15) is 4.79 Å². The Morgan fingerprint density at radius 3 is 2.50 bits per heavy atom.